The maximum atomic E-state index is 12.1. The first-order chi connectivity index (χ1) is 9.43. The van der Waals surface area contributed by atoms with E-state index in [4.69, 9.17) is 5.11 Å². The number of thioether (sulfide) groups is 1. The smallest absolute Gasteiger partial charge is 0.347 e. The summed E-state index contributed by atoms with van der Waals surface area (Å²) >= 11 is 2.22. The summed E-state index contributed by atoms with van der Waals surface area (Å²) in [5.74, 6) is -1.39. The molecule has 8 heteroatoms. The van der Waals surface area contributed by atoms with Crippen LogP contribution in [-0.4, -0.2) is 44.6 Å². The second-order valence-corrected chi connectivity index (χ2v) is 6.84. The average molecular weight is 314 g/mol. The molecule has 20 heavy (non-hydrogen) atoms. The van der Waals surface area contributed by atoms with E-state index in [2.05, 4.69) is 4.98 Å². The zero-order chi connectivity index (χ0) is 14.9. The highest BCUT2D eigenvalue weighted by Gasteiger charge is 2.39. The molecular weight excluding hydrogens is 300 g/mol. The van der Waals surface area contributed by atoms with Crippen molar-refractivity contribution in [3.05, 3.63) is 10.6 Å². The van der Waals surface area contributed by atoms with Gasteiger partial charge in [-0.3, -0.25) is 14.5 Å². The van der Waals surface area contributed by atoms with E-state index in [1.54, 1.807) is 6.92 Å². The minimum Gasteiger partial charge on any atom is -0.477 e. The summed E-state index contributed by atoms with van der Waals surface area (Å²) in [6, 6.07) is 0. The Labute approximate surface area is 124 Å². The summed E-state index contributed by atoms with van der Waals surface area (Å²) in [6.45, 7) is 3.96. The molecule has 0 saturated carbocycles. The number of thiazole rings is 1. The molecule has 2 amide bonds. The number of carbonyl (C=O) groups excluding carboxylic acids is 2. The van der Waals surface area contributed by atoms with Gasteiger partial charge in [-0.25, -0.2) is 9.78 Å². The van der Waals surface area contributed by atoms with Gasteiger partial charge in [-0.15, -0.1) is 11.3 Å². The second kappa shape index (κ2) is 5.92. The molecule has 0 bridgehead atoms. The summed E-state index contributed by atoms with van der Waals surface area (Å²) in [7, 11) is 0. The van der Waals surface area contributed by atoms with Crippen molar-refractivity contribution in [2.75, 3.05) is 6.54 Å². The van der Waals surface area contributed by atoms with Crippen molar-refractivity contribution in [1.82, 2.24) is 9.88 Å². The van der Waals surface area contributed by atoms with Crippen molar-refractivity contribution in [3.63, 3.8) is 0 Å². The zero-order valence-electron chi connectivity index (χ0n) is 11.1. The van der Waals surface area contributed by atoms with Crippen LogP contribution < -0.4 is 0 Å². The lowest BCUT2D eigenvalue weighted by Crippen LogP contribution is -2.31. The minimum atomic E-state index is -1.02. The molecule has 1 fully saturated rings. The number of amides is 2. The van der Waals surface area contributed by atoms with Crippen LogP contribution in [0.3, 0.4) is 0 Å². The van der Waals surface area contributed by atoms with Crippen LogP contribution in [0, 0.1) is 6.92 Å². The molecule has 0 aliphatic carbocycles. The monoisotopic (exact) mass is 314 g/mol. The van der Waals surface area contributed by atoms with Crippen molar-refractivity contribution in [3.8, 4) is 0 Å². The van der Waals surface area contributed by atoms with Gasteiger partial charge in [-0.05, 0) is 13.3 Å². The number of rotatable bonds is 5. The Kier molecular flexibility index (Phi) is 4.44. The van der Waals surface area contributed by atoms with Crippen molar-refractivity contribution in [2.45, 2.75) is 36.3 Å². The molecule has 108 valence electrons. The lowest BCUT2D eigenvalue weighted by atomic mass is 10.4. The molecule has 0 spiro atoms. The minimum absolute atomic E-state index is 0.157. The predicted molar refractivity (Wildman–Crippen MR) is 75.1 cm³/mol. The van der Waals surface area contributed by atoms with E-state index in [9.17, 15) is 14.4 Å². The van der Waals surface area contributed by atoms with E-state index in [-0.39, 0.29) is 23.1 Å². The number of aryl methyl sites for hydroxylation is 1. The third kappa shape index (κ3) is 2.85. The Hall–Kier alpha value is -1.41. The first-order valence-electron chi connectivity index (χ1n) is 6.15. The molecule has 1 atom stereocenters. The number of hydrogen-bond acceptors (Lipinski definition) is 6. The van der Waals surface area contributed by atoms with Gasteiger partial charge in [0.25, 0.3) is 0 Å². The van der Waals surface area contributed by atoms with Gasteiger partial charge >= 0.3 is 5.97 Å². The number of hydrogen-bond donors (Lipinski definition) is 1. The first kappa shape index (κ1) is 15.0. The lowest BCUT2D eigenvalue weighted by molar-refractivity contribution is -0.138. The second-order valence-electron chi connectivity index (χ2n) is 4.39. The fourth-order valence-electron chi connectivity index (χ4n) is 1.95. The number of carboxylic acid groups (broad SMARTS) is 1. The van der Waals surface area contributed by atoms with E-state index in [0.717, 1.165) is 17.8 Å². The van der Waals surface area contributed by atoms with Crippen molar-refractivity contribution in [2.24, 2.45) is 0 Å². The normalized spacial score (nSPS) is 18.9. The highest BCUT2D eigenvalue weighted by atomic mass is 32.2. The summed E-state index contributed by atoms with van der Waals surface area (Å²) in [5.41, 5.74) is 0.437. The summed E-state index contributed by atoms with van der Waals surface area (Å²) in [4.78, 5) is 40.4. The van der Waals surface area contributed by atoms with Gasteiger partial charge in [-0.1, -0.05) is 18.7 Å². The molecule has 0 radical (unpaired) electrons. The van der Waals surface area contributed by atoms with Crippen LogP contribution in [0.15, 0.2) is 4.34 Å². The molecule has 1 N–H and O–H groups in total. The van der Waals surface area contributed by atoms with Crippen molar-refractivity contribution >= 4 is 40.9 Å². The molecule has 2 heterocycles. The Morgan fingerprint density at radius 3 is 2.80 bits per heavy atom. The Bertz CT molecular complexity index is 570. The molecule has 0 aromatic carbocycles. The van der Waals surface area contributed by atoms with Gasteiger partial charge in [0.2, 0.25) is 11.8 Å². The highest BCUT2D eigenvalue weighted by Crippen LogP contribution is 2.35. The number of aromatic nitrogens is 1. The summed E-state index contributed by atoms with van der Waals surface area (Å²) < 4.78 is 0.518. The molecule has 6 nitrogen and oxygen atoms in total. The third-order valence-electron chi connectivity index (χ3n) is 2.86. The largest absolute Gasteiger partial charge is 0.477 e. The maximum Gasteiger partial charge on any atom is 0.347 e. The number of nitrogens with zero attached hydrogens (tertiary/aromatic N) is 2. The molecule has 1 aliphatic rings. The van der Waals surface area contributed by atoms with Crippen LogP contribution in [-0.2, 0) is 9.59 Å². The van der Waals surface area contributed by atoms with Gasteiger partial charge in [0.15, 0.2) is 4.34 Å². The summed E-state index contributed by atoms with van der Waals surface area (Å²) in [6.07, 6.45) is 0.888. The van der Waals surface area contributed by atoms with E-state index >= 15 is 0 Å². The zero-order valence-corrected chi connectivity index (χ0v) is 12.7. The SMILES string of the molecule is CCCN1C(=O)CC(Sc2nc(C)c(C(=O)O)s2)C1=O. The standard InChI is InChI=1S/C12H14N2O4S2/c1-3-4-14-8(15)5-7(10(14)16)19-12-13-6(2)9(20-12)11(17)18/h7H,3-5H2,1-2H3,(H,17,18). The van der Waals surface area contributed by atoms with Gasteiger partial charge in [0.1, 0.15) is 4.88 Å². The van der Waals surface area contributed by atoms with Crippen LogP contribution in [0.4, 0.5) is 0 Å². The number of likely N-dealkylation sites (tertiary alicyclic amines) is 1. The van der Waals surface area contributed by atoms with Gasteiger partial charge in [0.05, 0.1) is 10.9 Å². The molecule has 1 aromatic heterocycles. The predicted octanol–water partition coefficient (Wildman–Crippen LogP) is 1.78. The fraction of sp³-hybridized carbons (Fsp3) is 0.500. The third-order valence-corrected chi connectivity index (χ3v) is 5.29. The number of carboxylic acids is 1. The maximum absolute atomic E-state index is 12.1. The average Bonchev–Trinajstić information content (AvgIpc) is 2.86. The van der Waals surface area contributed by atoms with Crippen LogP contribution in [0.25, 0.3) is 0 Å². The Morgan fingerprint density at radius 1 is 1.55 bits per heavy atom. The lowest BCUT2D eigenvalue weighted by Gasteiger charge is -2.12. The molecule has 1 unspecified atom stereocenters. The van der Waals surface area contributed by atoms with Gasteiger partial charge < -0.3 is 5.11 Å². The Balaban J connectivity index is 2.11. The van der Waals surface area contributed by atoms with Gasteiger partial charge in [0, 0.05) is 13.0 Å². The van der Waals surface area contributed by atoms with Crippen molar-refractivity contribution < 1.29 is 19.5 Å². The Morgan fingerprint density at radius 2 is 2.25 bits per heavy atom. The van der Waals surface area contributed by atoms with E-state index < -0.39 is 11.2 Å². The van der Waals surface area contributed by atoms with E-state index in [1.165, 1.54) is 16.7 Å². The first-order valence-corrected chi connectivity index (χ1v) is 7.85. The van der Waals surface area contributed by atoms with Crippen LogP contribution >= 0.6 is 23.1 Å². The molecule has 1 saturated heterocycles. The van der Waals surface area contributed by atoms with E-state index in [1.807, 2.05) is 6.92 Å². The van der Waals surface area contributed by atoms with Gasteiger partial charge in [-0.2, -0.15) is 0 Å². The van der Waals surface area contributed by atoms with E-state index in [0.29, 0.717) is 16.6 Å². The fourth-order valence-corrected chi connectivity index (χ4v) is 4.26. The summed E-state index contributed by atoms with van der Waals surface area (Å²) in [5, 5.41) is 8.49. The van der Waals surface area contributed by atoms with Crippen LogP contribution in [0.5, 0.6) is 0 Å². The molecule has 1 aliphatic heterocycles. The topological polar surface area (TPSA) is 87.6 Å². The molecular formula is C12H14N2O4S2. The number of aromatic carboxylic acids is 1. The highest BCUT2D eigenvalue weighted by molar-refractivity contribution is 8.02. The quantitative estimate of drug-likeness (QED) is 0.834. The molecule has 2 rings (SSSR count). The molecule has 1 aromatic rings. The number of imide groups is 1. The van der Waals surface area contributed by atoms with Crippen molar-refractivity contribution in [1.29, 1.82) is 0 Å². The van der Waals surface area contributed by atoms with Crippen LogP contribution in [0.1, 0.15) is 35.1 Å². The van der Waals surface area contributed by atoms with Crippen LogP contribution in [0.2, 0.25) is 0 Å². The number of carbonyl (C=O) groups is 3.